The minimum atomic E-state index is 0.690. The van der Waals surface area contributed by atoms with Gasteiger partial charge in [-0.2, -0.15) is 0 Å². The molecule has 0 saturated heterocycles. The maximum Gasteiger partial charge on any atom is 0.152 e. The van der Waals surface area contributed by atoms with E-state index in [0.29, 0.717) is 6.54 Å². The molecule has 15 heavy (non-hydrogen) atoms. The Morgan fingerprint density at radius 3 is 3.00 bits per heavy atom. The second-order valence-corrected chi connectivity index (χ2v) is 3.55. The number of aryl methyl sites for hydroxylation is 2. The van der Waals surface area contributed by atoms with Gasteiger partial charge >= 0.3 is 0 Å². The SMILES string of the molecule is Cc1ccc(-c2cnc(CCCN)[nH]2)o1. The van der Waals surface area contributed by atoms with Gasteiger partial charge in [0.2, 0.25) is 0 Å². The number of aromatic nitrogens is 2. The molecule has 0 fully saturated rings. The van der Waals surface area contributed by atoms with Gasteiger partial charge in [-0.25, -0.2) is 4.98 Å². The zero-order valence-electron chi connectivity index (χ0n) is 8.79. The van der Waals surface area contributed by atoms with Crippen LogP contribution < -0.4 is 5.73 Å². The van der Waals surface area contributed by atoms with Crippen molar-refractivity contribution in [2.24, 2.45) is 5.73 Å². The summed E-state index contributed by atoms with van der Waals surface area (Å²) in [6.07, 6.45) is 3.63. The summed E-state index contributed by atoms with van der Waals surface area (Å²) < 4.78 is 5.49. The number of imidazole rings is 1. The number of H-pyrrole nitrogens is 1. The Balaban J connectivity index is 2.13. The Morgan fingerprint density at radius 2 is 2.33 bits per heavy atom. The fourth-order valence-electron chi connectivity index (χ4n) is 1.46. The lowest BCUT2D eigenvalue weighted by Gasteiger charge is -1.93. The van der Waals surface area contributed by atoms with E-state index in [1.54, 1.807) is 6.20 Å². The molecule has 4 nitrogen and oxygen atoms in total. The fourth-order valence-corrected chi connectivity index (χ4v) is 1.46. The monoisotopic (exact) mass is 205 g/mol. The molecule has 2 aromatic heterocycles. The lowest BCUT2D eigenvalue weighted by Crippen LogP contribution is -2.01. The molecule has 2 rings (SSSR count). The molecule has 0 radical (unpaired) electrons. The molecule has 0 saturated carbocycles. The molecule has 3 N–H and O–H groups in total. The second kappa shape index (κ2) is 4.31. The Kier molecular flexibility index (Phi) is 2.87. The van der Waals surface area contributed by atoms with Crippen LogP contribution in [0.4, 0.5) is 0 Å². The Labute approximate surface area is 88.5 Å². The fraction of sp³-hybridized carbons (Fsp3) is 0.364. The van der Waals surface area contributed by atoms with Crippen LogP contribution in [0.1, 0.15) is 18.0 Å². The van der Waals surface area contributed by atoms with Crippen LogP contribution >= 0.6 is 0 Å². The van der Waals surface area contributed by atoms with E-state index in [2.05, 4.69) is 9.97 Å². The highest BCUT2D eigenvalue weighted by molar-refractivity contribution is 5.51. The van der Waals surface area contributed by atoms with Crippen molar-refractivity contribution in [3.05, 3.63) is 29.9 Å². The standard InChI is InChI=1S/C11H15N3O/c1-8-4-5-10(15-8)9-7-13-11(14-9)3-2-6-12/h4-5,7H,2-3,6,12H2,1H3,(H,13,14). The first-order valence-corrected chi connectivity index (χ1v) is 5.10. The van der Waals surface area contributed by atoms with Gasteiger partial charge in [-0.05, 0) is 32.0 Å². The summed E-state index contributed by atoms with van der Waals surface area (Å²) in [4.78, 5) is 7.49. The summed E-state index contributed by atoms with van der Waals surface area (Å²) in [5.41, 5.74) is 6.36. The van der Waals surface area contributed by atoms with Crippen molar-refractivity contribution in [2.45, 2.75) is 19.8 Å². The molecule has 0 aliphatic rings. The summed E-state index contributed by atoms with van der Waals surface area (Å²) >= 11 is 0. The van der Waals surface area contributed by atoms with Crippen molar-refractivity contribution in [3.8, 4) is 11.5 Å². The van der Waals surface area contributed by atoms with Crippen molar-refractivity contribution in [1.82, 2.24) is 9.97 Å². The predicted molar refractivity (Wildman–Crippen MR) is 58.4 cm³/mol. The third-order valence-corrected chi connectivity index (χ3v) is 2.25. The number of hydrogen-bond donors (Lipinski definition) is 2. The predicted octanol–water partition coefficient (Wildman–Crippen LogP) is 1.87. The molecule has 0 aliphatic carbocycles. The van der Waals surface area contributed by atoms with E-state index in [4.69, 9.17) is 10.2 Å². The van der Waals surface area contributed by atoms with Crippen molar-refractivity contribution in [3.63, 3.8) is 0 Å². The second-order valence-electron chi connectivity index (χ2n) is 3.55. The van der Waals surface area contributed by atoms with Crippen LogP contribution in [0, 0.1) is 6.92 Å². The van der Waals surface area contributed by atoms with Crippen LogP contribution in [0.2, 0.25) is 0 Å². The minimum absolute atomic E-state index is 0.690. The van der Waals surface area contributed by atoms with Gasteiger partial charge in [-0.15, -0.1) is 0 Å². The zero-order valence-corrected chi connectivity index (χ0v) is 8.79. The van der Waals surface area contributed by atoms with Gasteiger partial charge in [-0.1, -0.05) is 0 Å². The molecule has 80 valence electrons. The number of rotatable bonds is 4. The topological polar surface area (TPSA) is 67.8 Å². The van der Waals surface area contributed by atoms with Gasteiger partial charge in [0.25, 0.3) is 0 Å². The normalized spacial score (nSPS) is 10.8. The average Bonchev–Trinajstić information content (AvgIpc) is 2.83. The highest BCUT2D eigenvalue weighted by Crippen LogP contribution is 2.19. The number of nitrogens with one attached hydrogen (secondary N) is 1. The van der Waals surface area contributed by atoms with E-state index in [-0.39, 0.29) is 0 Å². The summed E-state index contributed by atoms with van der Waals surface area (Å²) in [5, 5.41) is 0. The minimum Gasteiger partial charge on any atom is -0.460 e. The lowest BCUT2D eigenvalue weighted by atomic mass is 10.3. The van der Waals surface area contributed by atoms with E-state index < -0.39 is 0 Å². The van der Waals surface area contributed by atoms with Crippen LogP contribution in [0.15, 0.2) is 22.7 Å². The van der Waals surface area contributed by atoms with E-state index in [0.717, 1.165) is 35.9 Å². The molecule has 0 bridgehead atoms. The molecule has 0 spiro atoms. The van der Waals surface area contributed by atoms with Crippen molar-refractivity contribution in [2.75, 3.05) is 6.54 Å². The largest absolute Gasteiger partial charge is 0.460 e. The lowest BCUT2D eigenvalue weighted by molar-refractivity contribution is 0.546. The summed E-state index contributed by atoms with van der Waals surface area (Å²) in [6, 6.07) is 3.88. The molecule has 2 aromatic rings. The van der Waals surface area contributed by atoms with Crippen LogP contribution in [0.5, 0.6) is 0 Å². The summed E-state index contributed by atoms with van der Waals surface area (Å²) in [7, 11) is 0. The molecule has 0 aliphatic heterocycles. The third-order valence-electron chi connectivity index (χ3n) is 2.25. The van der Waals surface area contributed by atoms with Crippen LogP contribution in [-0.2, 0) is 6.42 Å². The number of furan rings is 1. The summed E-state index contributed by atoms with van der Waals surface area (Å²) in [6.45, 7) is 2.62. The Hall–Kier alpha value is -1.55. The molecule has 0 atom stereocenters. The third kappa shape index (κ3) is 2.27. The van der Waals surface area contributed by atoms with Gasteiger partial charge in [0.05, 0.1) is 6.20 Å². The maximum atomic E-state index is 5.49. The van der Waals surface area contributed by atoms with Crippen molar-refractivity contribution in [1.29, 1.82) is 0 Å². The average molecular weight is 205 g/mol. The molecule has 4 heteroatoms. The molecule has 2 heterocycles. The number of nitrogens with zero attached hydrogens (tertiary/aromatic N) is 1. The molecule has 0 amide bonds. The highest BCUT2D eigenvalue weighted by atomic mass is 16.3. The number of hydrogen-bond acceptors (Lipinski definition) is 3. The highest BCUT2D eigenvalue weighted by Gasteiger charge is 2.06. The zero-order chi connectivity index (χ0) is 10.7. The van der Waals surface area contributed by atoms with E-state index in [9.17, 15) is 0 Å². The van der Waals surface area contributed by atoms with E-state index in [1.165, 1.54) is 0 Å². The Morgan fingerprint density at radius 1 is 1.47 bits per heavy atom. The smallest absolute Gasteiger partial charge is 0.152 e. The summed E-state index contributed by atoms with van der Waals surface area (Å²) in [5.74, 6) is 2.70. The van der Waals surface area contributed by atoms with Crippen molar-refractivity contribution >= 4 is 0 Å². The quantitative estimate of drug-likeness (QED) is 0.800. The molecular weight excluding hydrogens is 190 g/mol. The number of aromatic amines is 1. The van der Waals surface area contributed by atoms with Crippen LogP contribution in [0.3, 0.4) is 0 Å². The van der Waals surface area contributed by atoms with Gasteiger partial charge in [0.1, 0.15) is 17.3 Å². The van der Waals surface area contributed by atoms with Crippen molar-refractivity contribution < 1.29 is 4.42 Å². The first kappa shape index (κ1) is 9.98. The van der Waals surface area contributed by atoms with Gasteiger partial charge in [0, 0.05) is 6.42 Å². The van der Waals surface area contributed by atoms with Crippen LogP contribution in [0.25, 0.3) is 11.5 Å². The van der Waals surface area contributed by atoms with E-state index >= 15 is 0 Å². The number of nitrogens with two attached hydrogens (primary N) is 1. The first-order chi connectivity index (χ1) is 7.29. The van der Waals surface area contributed by atoms with Gasteiger partial charge < -0.3 is 15.1 Å². The first-order valence-electron chi connectivity index (χ1n) is 5.10. The van der Waals surface area contributed by atoms with Gasteiger partial charge in [0.15, 0.2) is 5.76 Å². The molecule has 0 unspecified atom stereocenters. The van der Waals surface area contributed by atoms with Gasteiger partial charge in [-0.3, -0.25) is 0 Å². The maximum absolute atomic E-state index is 5.49. The van der Waals surface area contributed by atoms with Crippen LogP contribution in [-0.4, -0.2) is 16.5 Å². The van der Waals surface area contributed by atoms with E-state index in [1.807, 2.05) is 19.1 Å². The molecular formula is C11H15N3O. The Bertz CT molecular complexity index is 430. The molecule has 0 aromatic carbocycles.